The third-order valence-corrected chi connectivity index (χ3v) is 17.9. The predicted molar refractivity (Wildman–Crippen MR) is 89.9 cm³/mol. The standard InChI is InChI=1S/C13H24PSi.2ClH.Ti/c1-10-9-13(4,12(3)11(10)2)15(7,8)14(5)6;;;/h1-8H3;2*1H;/q-1;;;. The summed E-state index contributed by atoms with van der Waals surface area (Å²) >= 11 is 0. The maximum atomic E-state index is 3.77. The van der Waals surface area contributed by atoms with Crippen molar-refractivity contribution in [2.75, 3.05) is 13.3 Å². The SMILES string of the molecule is CC1=[C-]C(C)([Si](C)(C)P(C)C)C(C)=C1C.Cl.Cl.[Ti]. The number of allylic oxidation sites excluding steroid dienone is 4. The summed E-state index contributed by atoms with van der Waals surface area (Å²) < 4.78 is 0. The van der Waals surface area contributed by atoms with E-state index in [0.717, 1.165) is 0 Å². The molecule has 0 radical (unpaired) electrons. The van der Waals surface area contributed by atoms with Crippen LogP contribution in [0.5, 0.6) is 0 Å². The molecule has 1 rings (SSSR count). The first-order valence-electron chi connectivity index (χ1n) is 5.62. The molecule has 18 heavy (non-hydrogen) atoms. The molecule has 0 nitrogen and oxygen atoms in total. The molecule has 0 spiro atoms. The fourth-order valence-corrected chi connectivity index (χ4v) is 8.12. The van der Waals surface area contributed by atoms with Crippen molar-refractivity contribution in [3.8, 4) is 0 Å². The van der Waals surface area contributed by atoms with Crippen LogP contribution in [0.2, 0.25) is 18.1 Å². The van der Waals surface area contributed by atoms with Gasteiger partial charge in [-0.2, -0.15) is 11.1 Å². The minimum absolute atomic E-state index is 0. The zero-order valence-corrected chi connectivity index (χ0v) is 17.9. The molecule has 5 heteroatoms. The molecule has 0 N–H and O–H groups in total. The van der Waals surface area contributed by atoms with Crippen LogP contribution in [0.25, 0.3) is 0 Å². The number of hydrogen-bond acceptors (Lipinski definition) is 0. The topological polar surface area (TPSA) is 0 Å². The summed E-state index contributed by atoms with van der Waals surface area (Å²) in [6.07, 6.45) is 3.77. The Kier molecular flexibility index (Phi) is 10.9. The molecule has 0 aromatic rings. The zero-order chi connectivity index (χ0) is 12.0. The van der Waals surface area contributed by atoms with Gasteiger partial charge in [0.2, 0.25) is 0 Å². The van der Waals surface area contributed by atoms with Gasteiger partial charge in [0.1, 0.15) is 0 Å². The van der Waals surface area contributed by atoms with E-state index in [-0.39, 0.29) is 59.0 Å². The van der Waals surface area contributed by atoms with E-state index in [1.165, 1.54) is 11.1 Å². The Morgan fingerprint density at radius 2 is 1.44 bits per heavy atom. The van der Waals surface area contributed by atoms with Gasteiger partial charge < -0.3 is 0 Å². The molecule has 0 bridgehead atoms. The van der Waals surface area contributed by atoms with Gasteiger partial charge in [0.15, 0.2) is 0 Å². The van der Waals surface area contributed by atoms with Gasteiger partial charge in [0.25, 0.3) is 0 Å². The molecular weight excluding hydrogens is 334 g/mol. The Morgan fingerprint density at radius 3 is 1.67 bits per heavy atom. The summed E-state index contributed by atoms with van der Waals surface area (Å²) in [5.74, 6) is 0. The minimum atomic E-state index is -1.24. The van der Waals surface area contributed by atoms with Gasteiger partial charge in [-0.15, -0.1) is 39.2 Å². The van der Waals surface area contributed by atoms with Crippen molar-refractivity contribution < 1.29 is 21.7 Å². The van der Waals surface area contributed by atoms with Gasteiger partial charge in [0.05, 0.1) is 7.74 Å². The molecule has 0 saturated heterocycles. The molecule has 0 aromatic heterocycles. The van der Waals surface area contributed by atoms with Gasteiger partial charge in [-0.05, 0) is 13.3 Å². The molecule has 0 amide bonds. The maximum Gasteiger partial charge on any atom is 0.0691 e. The van der Waals surface area contributed by atoms with Crippen LogP contribution in [0.4, 0.5) is 0 Å². The Morgan fingerprint density at radius 1 is 1.06 bits per heavy atom. The summed E-state index contributed by atoms with van der Waals surface area (Å²) in [4.78, 5) is 0. The number of halogens is 2. The van der Waals surface area contributed by atoms with Crippen LogP contribution < -0.4 is 0 Å². The van der Waals surface area contributed by atoms with Crippen LogP contribution in [0.15, 0.2) is 16.7 Å². The fourth-order valence-electron chi connectivity index (χ4n) is 2.28. The zero-order valence-electron chi connectivity index (χ0n) is 12.8. The molecule has 1 unspecified atom stereocenters. The van der Waals surface area contributed by atoms with E-state index < -0.39 is 7.74 Å². The second-order valence-electron chi connectivity index (χ2n) is 5.58. The van der Waals surface area contributed by atoms with E-state index in [1.807, 2.05) is 0 Å². The largest absolute Gasteiger partial charge is 0.265 e. The second-order valence-corrected chi connectivity index (χ2v) is 17.5. The third-order valence-electron chi connectivity index (χ3n) is 4.65. The Balaban J connectivity index is -0.000000750. The first-order chi connectivity index (χ1) is 6.64. The second kappa shape index (κ2) is 8.01. The van der Waals surface area contributed by atoms with Crippen LogP contribution >= 0.6 is 32.3 Å². The Hall–Kier alpha value is 1.42. The predicted octanol–water partition coefficient (Wildman–Crippen LogP) is 5.63. The summed E-state index contributed by atoms with van der Waals surface area (Å²) in [5, 5.41) is 0.274. The van der Waals surface area contributed by atoms with E-state index in [1.54, 1.807) is 5.57 Å². The molecule has 1 atom stereocenters. The Bertz CT molecular complexity index is 351. The minimum Gasteiger partial charge on any atom is -0.265 e. The van der Waals surface area contributed by atoms with Gasteiger partial charge in [-0.3, -0.25) is 6.08 Å². The molecular formula is C13H26Cl2PSiTi-. The quantitative estimate of drug-likeness (QED) is 0.340. The maximum absolute atomic E-state index is 3.77. The van der Waals surface area contributed by atoms with Crippen molar-refractivity contribution in [2.45, 2.75) is 45.8 Å². The first-order valence-corrected chi connectivity index (χ1v) is 11.7. The van der Waals surface area contributed by atoms with Crippen LogP contribution in [0.3, 0.4) is 0 Å². The van der Waals surface area contributed by atoms with Gasteiger partial charge >= 0.3 is 0 Å². The van der Waals surface area contributed by atoms with E-state index in [9.17, 15) is 0 Å². The summed E-state index contributed by atoms with van der Waals surface area (Å²) in [6.45, 7) is 19.1. The molecule has 0 aliphatic heterocycles. The smallest absolute Gasteiger partial charge is 0.0691 e. The van der Waals surface area contributed by atoms with Gasteiger partial charge in [-0.1, -0.05) is 38.9 Å². The summed E-state index contributed by atoms with van der Waals surface area (Å²) in [7, 11) is -1.08. The van der Waals surface area contributed by atoms with Crippen LogP contribution in [0, 0.1) is 6.08 Å². The van der Waals surface area contributed by atoms with Gasteiger partial charge in [-0.25, -0.2) is 5.57 Å². The molecule has 0 aromatic carbocycles. The number of hydrogen-bond donors (Lipinski definition) is 0. The number of rotatable bonds is 2. The van der Waals surface area contributed by atoms with Crippen molar-refractivity contribution >= 4 is 40.0 Å². The van der Waals surface area contributed by atoms with Crippen LogP contribution in [-0.2, 0) is 21.7 Å². The molecule has 106 valence electrons. The van der Waals surface area contributed by atoms with Crippen molar-refractivity contribution in [2.24, 2.45) is 0 Å². The monoisotopic (exact) mass is 359 g/mol. The van der Waals surface area contributed by atoms with Gasteiger partial charge in [0, 0.05) is 21.7 Å². The molecule has 1 aliphatic carbocycles. The van der Waals surface area contributed by atoms with Crippen molar-refractivity contribution in [1.82, 2.24) is 0 Å². The van der Waals surface area contributed by atoms with E-state index in [4.69, 9.17) is 0 Å². The van der Waals surface area contributed by atoms with Crippen LogP contribution in [0.1, 0.15) is 27.7 Å². The Labute approximate surface area is 143 Å². The fraction of sp³-hybridized carbons (Fsp3) is 0.692. The summed E-state index contributed by atoms with van der Waals surface area (Å²) in [5.41, 5.74) is 4.44. The summed E-state index contributed by atoms with van der Waals surface area (Å²) in [6, 6.07) is 0. The van der Waals surface area contributed by atoms with Crippen LogP contribution in [-0.4, -0.2) is 21.1 Å². The van der Waals surface area contributed by atoms with E-state index >= 15 is 0 Å². The van der Waals surface area contributed by atoms with E-state index in [2.05, 4.69) is 60.2 Å². The first kappa shape index (κ1) is 24.4. The van der Waals surface area contributed by atoms with Crippen molar-refractivity contribution in [3.05, 3.63) is 22.8 Å². The molecule has 1 aliphatic rings. The average Bonchev–Trinajstić information content (AvgIpc) is 2.31. The third kappa shape index (κ3) is 3.74. The van der Waals surface area contributed by atoms with Crippen molar-refractivity contribution in [1.29, 1.82) is 0 Å². The van der Waals surface area contributed by atoms with E-state index in [0.29, 0.717) is 0 Å². The average molecular weight is 360 g/mol. The molecule has 0 saturated carbocycles. The normalized spacial score (nSPS) is 23.1. The molecule has 0 heterocycles. The molecule has 0 fully saturated rings. The van der Waals surface area contributed by atoms with Crippen molar-refractivity contribution in [3.63, 3.8) is 0 Å².